The molecule has 11 heavy (non-hydrogen) atoms. The number of allylic oxidation sites excluding steroid dienone is 1. The van der Waals surface area contributed by atoms with Crippen LogP contribution in [0.15, 0.2) is 11.9 Å². The summed E-state index contributed by atoms with van der Waals surface area (Å²) in [6.07, 6.45) is 2.19. The Morgan fingerprint density at radius 1 is 1.27 bits per heavy atom. The molecule has 2 heteroatoms. The molecule has 0 aromatic rings. The normalized spacial score (nSPS) is 13.9. The Kier molecular flexibility index (Phi) is 3.59. The van der Waals surface area contributed by atoms with Crippen molar-refractivity contribution < 1.29 is 4.48 Å². The highest BCUT2D eigenvalue weighted by atomic mass is 15.3. The zero-order valence-corrected chi connectivity index (χ0v) is 8.60. The van der Waals surface area contributed by atoms with Crippen molar-refractivity contribution in [1.29, 1.82) is 0 Å². The molecule has 0 aliphatic rings. The lowest BCUT2D eigenvalue weighted by molar-refractivity contribution is -0.817. The Morgan fingerprint density at radius 3 is 2.00 bits per heavy atom. The predicted octanol–water partition coefficient (Wildman–Crippen LogP) is 1.55. The van der Waals surface area contributed by atoms with Crippen molar-refractivity contribution in [2.75, 3.05) is 21.1 Å². The number of nitrogens with one attached hydrogen (secondary N) is 1. The third-order valence-electron chi connectivity index (χ3n) is 1.10. The van der Waals surface area contributed by atoms with E-state index in [1.807, 2.05) is 0 Å². The second-order valence-electron chi connectivity index (χ2n) is 4.23. The van der Waals surface area contributed by atoms with Crippen molar-refractivity contribution in [2.45, 2.75) is 26.8 Å². The molecular weight excluding hydrogens is 136 g/mol. The van der Waals surface area contributed by atoms with Crippen LogP contribution >= 0.6 is 0 Å². The van der Waals surface area contributed by atoms with E-state index in [9.17, 15) is 0 Å². The van der Waals surface area contributed by atoms with E-state index in [0.717, 1.165) is 4.48 Å². The van der Waals surface area contributed by atoms with Gasteiger partial charge in [0, 0.05) is 6.04 Å². The molecule has 0 rings (SSSR count). The maximum absolute atomic E-state index is 3.34. The Balaban J connectivity index is 4.01. The van der Waals surface area contributed by atoms with Gasteiger partial charge < -0.3 is 9.80 Å². The highest BCUT2D eigenvalue weighted by Crippen LogP contribution is 1.97. The van der Waals surface area contributed by atoms with Crippen LogP contribution in [0.2, 0.25) is 0 Å². The van der Waals surface area contributed by atoms with Crippen LogP contribution in [0.25, 0.3) is 0 Å². The van der Waals surface area contributed by atoms with Crippen LogP contribution in [0.5, 0.6) is 0 Å². The van der Waals surface area contributed by atoms with Gasteiger partial charge in [-0.15, -0.1) is 0 Å². The summed E-state index contributed by atoms with van der Waals surface area (Å²) in [7, 11) is 6.43. The van der Waals surface area contributed by atoms with Gasteiger partial charge >= 0.3 is 0 Å². The van der Waals surface area contributed by atoms with Crippen LogP contribution < -0.4 is 5.32 Å². The van der Waals surface area contributed by atoms with Crippen molar-refractivity contribution >= 4 is 0 Å². The van der Waals surface area contributed by atoms with E-state index in [1.54, 1.807) is 0 Å². The summed E-state index contributed by atoms with van der Waals surface area (Å²) in [6.45, 7) is 6.39. The fraction of sp³-hybridized carbons (Fsp3) is 0.778. The Bertz CT molecular complexity index is 140. The van der Waals surface area contributed by atoms with Gasteiger partial charge in [-0.1, -0.05) is 0 Å². The molecular formula is C9H21N2+. The van der Waals surface area contributed by atoms with E-state index in [-0.39, 0.29) is 0 Å². The van der Waals surface area contributed by atoms with Crippen LogP contribution in [-0.2, 0) is 0 Å². The second-order valence-corrected chi connectivity index (χ2v) is 4.23. The molecule has 0 saturated carbocycles. The molecule has 2 nitrogen and oxygen atoms in total. The van der Waals surface area contributed by atoms with Gasteiger partial charge in [-0.25, -0.2) is 0 Å². The second kappa shape index (κ2) is 3.77. The Hall–Kier alpha value is -0.500. The minimum absolute atomic E-state index is 0.526. The van der Waals surface area contributed by atoms with Crippen molar-refractivity contribution in [3.63, 3.8) is 0 Å². The highest BCUT2D eigenvalue weighted by Gasteiger charge is 2.03. The molecule has 0 bridgehead atoms. The van der Waals surface area contributed by atoms with Crippen molar-refractivity contribution in [3.8, 4) is 0 Å². The average molecular weight is 157 g/mol. The predicted molar refractivity (Wildman–Crippen MR) is 50.1 cm³/mol. The van der Waals surface area contributed by atoms with Gasteiger partial charge in [0.1, 0.15) is 6.20 Å². The van der Waals surface area contributed by atoms with Crippen molar-refractivity contribution in [3.05, 3.63) is 11.9 Å². The van der Waals surface area contributed by atoms with E-state index in [2.05, 4.69) is 53.4 Å². The van der Waals surface area contributed by atoms with Gasteiger partial charge in [0.15, 0.2) is 0 Å². The van der Waals surface area contributed by atoms with Crippen LogP contribution in [0.1, 0.15) is 20.8 Å². The van der Waals surface area contributed by atoms with Gasteiger partial charge in [0.2, 0.25) is 0 Å². The zero-order chi connectivity index (χ0) is 9.07. The first-order valence-corrected chi connectivity index (χ1v) is 4.08. The fourth-order valence-corrected chi connectivity index (χ4v) is 1.07. The summed E-state index contributed by atoms with van der Waals surface area (Å²) in [5.74, 6) is 0. The highest BCUT2D eigenvalue weighted by molar-refractivity contribution is 4.90. The topological polar surface area (TPSA) is 12.0 Å². The molecule has 0 fully saturated rings. The summed E-state index contributed by atoms with van der Waals surface area (Å²) in [5, 5.41) is 3.34. The minimum Gasteiger partial charge on any atom is -0.382 e. The van der Waals surface area contributed by atoms with Crippen LogP contribution in [0.3, 0.4) is 0 Å². The Labute approximate surface area is 70.5 Å². The summed E-state index contributed by atoms with van der Waals surface area (Å²) >= 11 is 0. The first-order valence-electron chi connectivity index (χ1n) is 4.08. The van der Waals surface area contributed by atoms with Gasteiger partial charge in [-0.05, 0) is 20.8 Å². The number of nitrogens with zero attached hydrogens (tertiary/aromatic N) is 1. The lowest BCUT2D eigenvalue weighted by Gasteiger charge is -2.20. The molecule has 66 valence electrons. The number of hydrogen-bond donors (Lipinski definition) is 1. The van der Waals surface area contributed by atoms with Crippen molar-refractivity contribution in [2.24, 2.45) is 0 Å². The van der Waals surface area contributed by atoms with Crippen LogP contribution in [-0.4, -0.2) is 31.7 Å². The maximum atomic E-state index is 3.34. The van der Waals surface area contributed by atoms with Gasteiger partial charge in [0.25, 0.3) is 0 Å². The molecule has 0 unspecified atom stereocenters. The molecule has 0 saturated heterocycles. The van der Waals surface area contributed by atoms with E-state index in [4.69, 9.17) is 0 Å². The van der Waals surface area contributed by atoms with Gasteiger partial charge in [0.05, 0.1) is 26.8 Å². The number of rotatable bonds is 3. The largest absolute Gasteiger partial charge is 0.382 e. The number of quaternary nitrogens is 1. The first-order chi connectivity index (χ1) is 4.81. The molecule has 0 amide bonds. The summed E-state index contributed by atoms with van der Waals surface area (Å²) in [4.78, 5) is 0. The molecule has 0 aromatic heterocycles. The monoisotopic (exact) mass is 157 g/mol. The lowest BCUT2D eigenvalue weighted by atomic mass is 10.3. The molecule has 0 aliphatic heterocycles. The molecule has 0 radical (unpaired) electrons. The van der Waals surface area contributed by atoms with Crippen LogP contribution in [0, 0.1) is 0 Å². The molecule has 0 aromatic carbocycles. The molecule has 0 heterocycles. The number of hydrogen-bond acceptors (Lipinski definition) is 1. The maximum Gasteiger partial charge on any atom is 0.114 e. The standard InChI is InChI=1S/C9H21N2/c1-8(2)10-9(3)7-11(4,5)6/h7-8,10H,1-6H3/q+1. The quantitative estimate of drug-likeness (QED) is 0.613. The van der Waals surface area contributed by atoms with Gasteiger partial charge in [-0.2, -0.15) is 0 Å². The SMILES string of the molecule is CC(=C[N+](C)(C)C)NC(C)C. The third-order valence-corrected chi connectivity index (χ3v) is 1.10. The molecule has 0 atom stereocenters. The molecule has 1 N–H and O–H groups in total. The zero-order valence-electron chi connectivity index (χ0n) is 8.60. The van der Waals surface area contributed by atoms with E-state index >= 15 is 0 Å². The van der Waals surface area contributed by atoms with Crippen molar-refractivity contribution in [1.82, 2.24) is 5.32 Å². The fourth-order valence-electron chi connectivity index (χ4n) is 1.07. The van der Waals surface area contributed by atoms with Gasteiger partial charge in [-0.3, -0.25) is 0 Å². The summed E-state index contributed by atoms with van der Waals surface area (Å²) in [5.41, 5.74) is 1.24. The Morgan fingerprint density at radius 2 is 1.73 bits per heavy atom. The summed E-state index contributed by atoms with van der Waals surface area (Å²) in [6, 6.07) is 0.526. The smallest absolute Gasteiger partial charge is 0.114 e. The van der Waals surface area contributed by atoms with Crippen LogP contribution in [0.4, 0.5) is 0 Å². The van der Waals surface area contributed by atoms with E-state index < -0.39 is 0 Å². The summed E-state index contributed by atoms with van der Waals surface area (Å²) < 4.78 is 0.867. The van der Waals surface area contributed by atoms with E-state index in [0.29, 0.717) is 6.04 Å². The van der Waals surface area contributed by atoms with E-state index in [1.165, 1.54) is 5.70 Å². The lowest BCUT2D eigenvalue weighted by Crippen LogP contribution is -2.30. The molecule has 0 spiro atoms. The first kappa shape index (κ1) is 10.5. The third kappa shape index (κ3) is 7.40. The molecule has 0 aliphatic carbocycles. The minimum atomic E-state index is 0.526. The average Bonchev–Trinajstić information content (AvgIpc) is 1.53.